The summed E-state index contributed by atoms with van der Waals surface area (Å²) in [5, 5.41) is 0. The van der Waals surface area contributed by atoms with E-state index in [1.807, 2.05) is 0 Å². The van der Waals surface area contributed by atoms with Gasteiger partial charge in [-0.05, 0) is 37.8 Å². The molecule has 9 nitrogen and oxygen atoms in total. The lowest BCUT2D eigenvalue weighted by atomic mass is 10.0. The molecule has 1 aromatic carbocycles. The third-order valence-corrected chi connectivity index (χ3v) is 5.79. The summed E-state index contributed by atoms with van der Waals surface area (Å²) in [6, 6.07) is 5.61. The van der Waals surface area contributed by atoms with Gasteiger partial charge in [-0.1, -0.05) is 19.1 Å². The fraction of sp³-hybridized carbons (Fsp3) is 0.409. The van der Waals surface area contributed by atoms with Crippen molar-refractivity contribution in [1.82, 2.24) is 24.0 Å². The zero-order valence-electron chi connectivity index (χ0n) is 18.0. The number of amides is 2. The first-order valence-electron chi connectivity index (χ1n) is 10.6. The highest BCUT2D eigenvalue weighted by molar-refractivity contribution is 6.02. The first-order valence-corrected chi connectivity index (χ1v) is 10.6. The van der Waals surface area contributed by atoms with E-state index in [9.17, 15) is 18.8 Å². The van der Waals surface area contributed by atoms with E-state index in [2.05, 4.69) is 16.9 Å². The zero-order chi connectivity index (χ0) is 23.0. The van der Waals surface area contributed by atoms with Gasteiger partial charge in [-0.2, -0.15) is 0 Å². The number of benzene rings is 1. The number of piperidine rings is 1. The number of rotatable bonds is 5. The van der Waals surface area contributed by atoms with E-state index in [1.165, 1.54) is 27.3 Å². The summed E-state index contributed by atoms with van der Waals surface area (Å²) in [5.41, 5.74) is 5.57. The van der Waals surface area contributed by atoms with Gasteiger partial charge in [0.2, 0.25) is 5.91 Å². The minimum Gasteiger partial charge on any atom is -0.364 e. The van der Waals surface area contributed by atoms with Crippen molar-refractivity contribution in [2.45, 2.75) is 39.8 Å². The van der Waals surface area contributed by atoms with Crippen LogP contribution in [0, 0.1) is 11.7 Å². The Balaban J connectivity index is 1.87. The normalized spacial score (nSPS) is 16.5. The van der Waals surface area contributed by atoms with Crippen LogP contribution >= 0.6 is 0 Å². The average molecular weight is 440 g/mol. The van der Waals surface area contributed by atoms with E-state index in [1.54, 1.807) is 17.9 Å². The molecule has 168 valence electrons. The second kappa shape index (κ2) is 8.52. The van der Waals surface area contributed by atoms with Gasteiger partial charge in [0.05, 0.1) is 0 Å². The number of fused-ring (bicyclic) bond motifs is 1. The third-order valence-electron chi connectivity index (χ3n) is 5.79. The molecule has 2 amide bonds. The van der Waals surface area contributed by atoms with Crippen molar-refractivity contribution in [2.24, 2.45) is 11.7 Å². The van der Waals surface area contributed by atoms with Gasteiger partial charge in [0.1, 0.15) is 17.9 Å². The predicted molar refractivity (Wildman–Crippen MR) is 116 cm³/mol. The van der Waals surface area contributed by atoms with Gasteiger partial charge in [0, 0.05) is 25.2 Å². The maximum Gasteiger partial charge on any atom is 0.330 e. The maximum absolute atomic E-state index is 13.7. The van der Waals surface area contributed by atoms with Crippen LogP contribution in [0.5, 0.6) is 0 Å². The van der Waals surface area contributed by atoms with Crippen molar-refractivity contribution < 1.29 is 14.0 Å². The van der Waals surface area contributed by atoms with Crippen molar-refractivity contribution in [2.75, 3.05) is 13.1 Å². The maximum atomic E-state index is 13.7. The molecular formula is C22H25FN6O3. The number of halogens is 1. The fourth-order valence-corrected chi connectivity index (χ4v) is 4.22. The topological polar surface area (TPSA) is 116 Å². The number of nitrogens with zero attached hydrogens (tertiary/aromatic N) is 5. The Kier molecular flexibility index (Phi) is 5.77. The van der Waals surface area contributed by atoms with Gasteiger partial charge in [0.25, 0.3) is 5.91 Å². The van der Waals surface area contributed by atoms with Crippen LogP contribution in [-0.4, -0.2) is 48.9 Å². The molecule has 1 atom stereocenters. The van der Waals surface area contributed by atoms with Crippen LogP contribution in [0.2, 0.25) is 0 Å². The lowest BCUT2D eigenvalue weighted by Crippen LogP contribution is -2.42. The summed E-state index contributed by atoms with van der Waals surface area (Å²) >= 11 is 0. The monoisotopic (exact) mass is 440 g/mol. The number of carbonyl (C=O) groups is 2. The van der Waals surface area contributed by atoms with Crippen molar-refractivity contribution in [3.63, 3.8) is 0 Å². The molecular weight excluding hydrogens is 415 g/mol. The van der Waals surface area contributed by atoms with Crippen LogP contribution in [-0.2, 0) is 17.9 Å². The molecule has 1 fully saturated rings. The van der Waals surface area contributed by atoms with Crippen LogP contribution in [0.1, 0.15) is 37.2 Å². The Morgan fingerprint density at radius 1 is 1.25 bits per heavy atom. The standard InChI is InChI=1S/C22H25FN6O3/c1-3-28-21-18(29(22(28)32)12-16(30)27-9-5-6-13(2)11-27)17(19(24)31)25-20(26-21)14-7-4-8-15(23)10-14/h4,7-8,10,13H,3,5-6,9,11-12H2,1-2H3,(H2,24,31). The molecule has 0 aliphatic carbocycles. The lowest BCUT2D eigenvalue weighted by Gasteiger charge is -2.31. The third kappa shape index (κ3) is 3.88. The minimum absolute atomic E-state index is 0.0707. The number of aromatic nitrogens is 4. The molecule has 4 rings (SSSR count). The predicted octanol–water partition coefficient (Wildman–Crippen LogP) is 1.78. The van der Waals surface area contributed by atoms with Crippen molar-refractivity contribution in [1.29, 1.82) is 0 Å². The van der Waals surface area contributed by atoms with E-state index < -0.39 is 17.4 Å². The smallest absolute Gasteiger partial charge is 0.330 e. The molecule has 1 aliphatic rings. The van der Waals surface area contributed by atoms with E-state index in [0.29, 0.717) is 24.6 Å². The molecule has 2 aromatic heterocycles. The molecule has 2 N–H and O–H groups in total. The van der Waals surface area contributed by atoms with Crippen molar-refractivity contribution in [3.8, 4) is 11.4 Å². The molecule has 0 spiro atoms. The molecule has 3 heterocycles. The average Bonchev–Trinajstić information content (AvgIpc) is 3.03. The fourth-order valence-electron chi connectivity index (χ4n) is 4.22. The Bertz CT molecular complexity index is 1260. The molecule has 1 aliphatic heterocycles. The SMILES string of the molecule is CCn1c(=O)n(CC(=O)N2CCCC(C)C2)c2c(C(N)=O)nc(-c3cccc(F)c3)nc21. The first kappa shape index (κ1) is 21.7. The molecule has 32 heavy (non-hydrogen) atoms. The molecule has 0 saturated carbocycles. The molecule has 1 unspecified atom stereocenters. The summed E-state index contributed by atoms with van der Waals surface area (Å²) in [5.74, 6) is -1.10. The van der Waals surface area contributed by atoms with E-state index in [4.69, 9.17) is 5.73 Å². The van der Waals surface area contributed by atoms with Gasteiger partial charge < -0.3 is 10.6 Å². The highest BCUT2D eigenvalue weighted by atomic mass is 19.1. The highest BCUT2D eigenvalue weighted by Crippen LogP contribution is 2.23. The Labute approximate surface area is 183 Å². The first-order chi connectivity index (χ1) is 15.3. The Hall–Kier alpha value is -3.56. The summed E-state index contributed by atoms with van der Waals surface area (Å²) in [7, 11) is 0. The summed E-state index contributed by atoms with van der Waals surface area (Å²) in [6.45, 7) is 5.12. The van der Waals surface area contributed by atoms with Crippen molar-refractivity contribution in [3.05, 3.63) is 46.3 Å². The number of imidazole rings is 1. The van der Waals surface area contributed by atoms with Gasteiger partial charge >= 0.3 is 5.69 Å². The number of primary amides is 1. The van der Waals surface area contributed by atoms with Crippen LogP contribution in [0.4, 0.5) is 4.39 Å². The molecule has 0 radical (unpaired) electrons. The zero-order valence-corrected chi connectivity index (χ0v) is 18.0. The number of likely N-dealkylation sites (tertiary alicyclic amines) is 1. The van der Waals surface area contributed by atoms with E-state index in [0.717, 1.165) is 12.8 Å². The van der Waals surface area contributed by atoms with E-state index in [-0.39, 0.29) is 41.7 Å². The van der Waals surface area contributed by atoms with Gasteiger partial charge in [-0.25, -0.2) is 19.2 Å². The lowest BCUT2D eigenvalue weighted by molar-refractivity contribution is -0.133. The quantitative estimate of drug-likeness (QED) is 0.649. The number of hydrogen-bond acceptors (Lipinski definition) is 5. The van der Waals surface area contributed by atoms with Crippen molar-refractivity contribution >= 4 is 23.0 Å². The summed E-state index contributed by atoms with van der Waals surface area (Å²) < 4.78 is 16.3. The Morgan fingerprint density at radius 2 is 2.03 bits per heavy atom. The largest absolute Gasteiger partial charge is 0.364 e. The number of carbonyl (C=O) groups excluding carboxylic acids is 2. The van der Waals surface area contributed by atoms with Crippen LogP contribution in [0.3, 0.4) is 0 Å². The number of nitrogens with two attached hydrogens (primary N) is 1. The molecule has 10 heteroatoms. The second-order valence-corrected chi connectivity index (χ2v) is 8.14. The minimum atomic E-state index is -0.865. The Morgan fingerprint density at radius 3 is 2.69 bits per heavy atom. The molecule has 1 saturated heterocycles. The van der Waals surface area contributed by atoms with Gasteiger partial charge in [-0.15, -0.1) is 0 Å². The number of aryl methyl sites for hydroxylation is 1. The highest BCUT2D eigenvalue weighted by Gasteiger charge is 2.27. The van der Waals surface area contributed by atoms with Crippen LogP contribution < -0.4 is 11.4 Å². The van der Waals surface area contributed by atoms with Gasteiger partial charge in [-0.3, -0.25) is 18.7 Å². The summed E-state index contributed by atoms with van der Waals surface area (Å²) in [4.78, 5) is 48.8. The molecule has 0 bridgehead atoms. The van der Waals surface area contributed by atoms with Crippen LogP contribution in [0.15, 0.2) is 29.1 Å². The molecule has 3 aromatic rings. The van der Waals surface area contributed by atoms with Gasteiger partial charge in [0.15, 0.2) is 17.2 Å². The second-order valence-electron chi connectivity index (χ2n) is 8.14. The van der Waals surface area contributed by atoms with Crippen LogP contribution in [0.25, 0.3) is 22.6 Å². The van der Waals surface area contributed by atoms with E-state index >= 15 is 0 Å². The summed E-state index contributed by atoms with van der Waals surface area (Å²) in [6.07, 6.45) is 1.96. The number of hydrogen-bond donors (Lipinski definition) is 1.